The topological polar surface area (TPSA) is 0 Å². The maximum absolute atomic E-state index is 5.98. The number of benzene rings is 2. The summed E-state index contributed by atoms with van der Waals surface area (Å²) in [5, 5.41) is 0.437. The highest BCUT2D eigenvalue weighted by atomic mass is 35.5. The summed E-state index contributed by atoms with van der Waals surface area (Å²) in [4.78, 5) is 0. The van der Waals surface area contributed by atoms with Crippen LogP contribution in [-0.2, 0) is 0 Å². The van der Waals surface area contributed by atoms with Crippen LogP contribution in [0, 0.1) is 23.7 Å². The fraction of sp³-hybridized carbons (Fsp3) is 0. The molecule has 0 amide bonds. The smallest absolute Gasteiger partial charge is 0.0737 e. The summed E-state index contributed by atoms with van der Waals surface area (Å²) in [6.07, 6.45) is 1.62. The molecule has 90 valence electrons. The lowest BCUT2D eigenvalue weighted by Crippen LogP contribution is -1.72. The maximum Gasteiger partial charge on any atom is 0.0991 e. The Hall–Kier alpha value is -2.41. The molecular weight excluding hydrogens is 252 g/mol. The minimum Gasteiger partial charge on any atom is -0.0737 e. The molecule has 0 N–H and O–H groups in total. The predicted molar refractivity (Wildman–Crippen MR) is 80.6 cm³/mol. The molecule has 0 nitrogen and oxygen atoms in total. The molecule has 0 heterocycles. The Morgan fingerprint density at radius 2 is 1.32 bits per heavy atom. The molecule has 19 heavy (non-hydrogen) atoms. The molecule has 0 atom stereocenters. The highest BCUT2D eigenvalue weighted by molar-refractivity contribution is 6.32. The van der Waals surface area contributed by atoms with E-state index < -0.39 is 0 Å². The van der Waals surface area contributed by atoms with Crippen LogP contribution in [0.15, 0.2) is 71.8 Å². The van der Waals surface area contributed by atoms with E-state index in [-0.39, 0.29) is 0 Å². The second-order valence-electron chi connectivity index (χ2n) is 3.74. The average Bonchev–Trinajstić information content (AvgIpc) is 2.47. The average molecular weight is 263 g/mol. The highest BCUT2D eigenvalue weighted by Gasteiger charge is 1.84. The first kappa shape index (κ1) is 13.0. The number of hydrogen-bond donors (Lipinski definition) is 0. The standard InChI is InChI=1S/C18H11Cl/c19-18(15-14-17-10-5-2-6-11-17)13-7-12-16-8-3-1-4-9-16/h1-6,8-11,13H/b18-13+. The van der Waals surface area contributed by atoms with E-state index in [0.29, 0.717) is 5.03 Å². The van der Waals surface area contributed by atoms with Gasteiger partial charge in [-0.05, 0) is 30.2 Å². The van der Waals surface area contributed by atoms with Crippen LogP contribution in [0.25, 0.3) is 0 Å². The summed E-state index contributed by atoms with van der Waals surface area (Å²) in [6.45, 7) is 0. The van der Waals surface area contributed by atoms with Crippen LogP contribution in [0.1, 0.15) is 11.1 Å². The molecule has 2 aromatic carbocycles. The van der Waals surface area contributed by atoms with E-state index in [0.717, 1.165) is 11.1 Å². The van der Waals surface area contributed by atoms with Crippen molar-refractivity contribution in [3.05, 3.63) is 82.9 Å². The normalized spacial score (nSPS) is 9.84. The van der Waals surface area contributed by atoms with Crippen molar-refractivity contribution in [3.8, 4) is 23.7 Å². The summed E-state index contributed by atoms with van der Waals surface area (Å²) in [5.41, 5.74) is 1.89. The van der Waals surface area contributed by atoms with Crippen molar-refractivity contribution in [2.45, 2.75) is 0 Å². The van der Waals surface area contributed by atoms with Crippen molar-refractivity contribution >= 4 is 11.6 Å². The third kappa shape index (κ3) is 4.76. The molecule has 0 saturated carbocycles. The second-order valence-corrected chi connectivity index (χ2v) is 4.15. The van der Waals surface area contributed by atoms with Crippen molar-refractivity contribution in [3.63, 3.8) is 0 Å². The van der Waals surface area contributed by atoms with E-state index in [1.807, 2.05) is 60.7 Å². The maximum atomic E-state index is 5.98. The largest absolute Gasteiger partial charge is 0.0991 e. The lowest BCUT2D eigenvalue weighted by atomic mass is 10.2. The minimum atomic E-state index is 0.437. The Bertz CT molecular complexity index is 674. The number of halogens is 1. The third-order valence-electron chi connectivity index (χ3n) is 2.29. The molecule has 2 aromatic rings. The van der Waals surface area contributed by atoms with Crippen molar-refractivity contribution in [2.75, 3.05) is 0 Å². The van der Waals surface area contributed by atoms with Crippen LogP contribution in [0.2, 0.25) is 0 Å². The third-order valence-corrected chi connectivity index (χ3v) is 2.49. The summed E-state index contributed by atoms with van der Waals surface area (Å²) in [7, 11) is 0. The van der Waals surface area contributed by atoms with Gasteiger partial charge in [-0.3, -0.25) is 0 Å². The molecule has 0 saturated heterocycles. The van der Waals surface area contributed by atoms with E-state index in [9.17, 15) is 0 Å². The van der Waals surface area contributed by atoms with E-state index >= 15 is 0 Å². The van der Waals surface area contributed by atoms with Crippen molar-refractivity contribution in [1.82, 2.24) is 0 Å². The van der Waals surface area contributed by atoms with Crippen LogP contribution in [0.5, 0.6) is 0 Å². The van der Waals surface area contributed by atoms with E-state index in [1.54, 1.807) is 6.08 Å². The monoisotopic (exact) mass is 262 g/mol. The number of hydrogen-bond acceptors (Lipinski definition) is 0. The van der Waals surface area contributed by atoms with Crippen molar-refractivity contribution in [2.24, 2.45) is 0 Å². The Morgan fingerprint density at radius 1 is 0.789 bits per heavy atom. The van der Waals surface area contributed by atoms with Gasteiger partial charge < -0.3 is 0 Å². The van der Waals surface area contributed by atoms with Crippen LogP contribution in [0.3, 0.4) is 0 Å². The predicted octanol–water partition coefficient (Wildman–Crippen LogP) is 4.21. The van der Waals surface area contributed by atoms with Gasteiger partial charge in [0.1, 0.15) is 0 Å². The number of allylic oxidation sites excluding steroid dienone is 2. The Morgan fingerprint density at radius 3 is 1.89 bits per heavy atom. The zero-order chi connectivity index (χ0) is 13.3. The molecule has 0 spiro atoms. The first-order valence-corrected chi connectivity index (χ1v) is 6.22. The van der Waals surface area contributed by atoms with Gasteiger partial charge >= 0.3 is 0 Å². The molecule has 0 aromatic heterocycles. The summed E-state index contributed by atoms with van der Waals surface area (Å²) < 4.78 is 0. The van der Waals surface area contributed by atoms with Gasteiger partial charge in [0.2, 0.25) is 0 Å². The van der Waals surface area contributed by atoms with Gasteiger partial charge in [0, 0.05) is 17.2 Å². The summed E-state index contributed by atoms with van der Waals surface area (Å²) in [5.74, 6) is 11.7. The van der Waals surface area contributed by atoms with Gasteiger partial charge in [0.25, 0.3) is 0 Å². The van der Waals surface area contributed by atoms with Crippen LogP contribution in [0.4, 0.5) is 0 Å². The molecule has 0 radical (unpaired) electrons. The lowest BCUT2D eigenvalue weighted by Gasteiger charge is -1.86. The van der Waals surface area contributed by atoms with Gasteiger partial charge in [0.05, 0.1) is 5.03 Å². The Labute approximate surface area is 118 Å². The van der Waals surface area contributed by atoms with Gasteiger partial charge in [-0.25, -0.2) is 0 Å². The molecular formula is C18H11Cl. The first-order valence-electron chi connectivity index (χ1n) is 5.84. The van der Waals surface area contributed by atoms with Gasteiger partial charge in [-0.15, -0.1) is 0 Å². The molecule has 0 bridgehead atoms. The Balaban J connectivity index is 2.05. The SMILES string of the molecule is Cl/C(C#Cc1ccccc1)=C/C#Cc1ccccc1. The minimum absolute atomic E-state index is 0.437. The second kappa shape index (κ2) is 7.12. The molecule has 0 fully saturated rings. The quantitative estimate of drug-likeness (QED) is 0.624. The molecule has 1 heteroatoms. The van der Waals surface area contributed by atoms with E-state index in [1.165, 1.54) is 0 Å². The zero-order valence-electron chi connectivity index (χ0n) is 10.2. The van der Waals surface area contributed by atoms with Crippen molar-refractivity contribution in [1.29, 1.82) is 0 Å². The van der Waals surface area contributed by atoms with Gasteiger partial charge in [-0.2, -0.15) is 0 Å². The van der Waals surface area contributed by atoms with Gasteiger partial charge in [-0.1, -0.05) is 65.8 Å². The Kier molecular flexibility index (Phi) is 4.88. The fourth-order valence-electron chi connectivity index (χ4n) is 1.39. The van der Waals surface area contributed by atoms with E-state index in [2.05, 4.69) is 23.7 Å². The highest BCUT2D eigenvalue weighted by Crippen LogP contribution is 2.01. The zero-order valence-corrected chi connectivity index (χ0v) is 11.0. The van der Waals surface area contributed by atoms with Crippen LogP contribution in [-0.4, -0.2) is 0 Å². The molecule has 2 rings (SSSR count). The lowest BCUT2D eigenvalue weighted by molar-refractivity contribution is 1.65. The first-order chi connectivity index (χ1) is 9.34. The number of rotatable bonds is 0. The molecule has 0 aliphatic heterocycles. The van der Waals surface area contributed by atoms with E-state index in [4.69, 9.17) is 11.6 Å². The van der Waals surface area contributed by atoms with Crippen molar-refractivity contribution < 1.29 is 0 Å². The van der Waals surface area contributed by atoms with Crippen LogP contribution >= 0.6 is 11.6 Å². The molecule has 0 aliphatic rings. The summed E-state index contributed by atoms with van der Waals surface area (Å²) >= 11 is 5.98. The summed E-state index contributed by atoms with van der Waals surface area (Å²) in [6, 6.07) is 19.5. The molecule has 0 unspecified atom stereocenters. The van der Waals surface area contributed by atoms with Crippen LogP contribution < -0.4 is 0 Å². The molecule has 0 aliphatic carbocycles. The van der Waals surface area contributed by atoms with Gasteiger partial charge in [0.15, 0.2) is 0 Å². The fourth-order valence-corrected chi connectivity index (χ4v) is 1.50.